The molecule has 0 heteroatoms. The van der Waals surface area contributed by atoms with Gasteiger partial charge in [-0.05, 0) is 48.3 Å². The maximum absolute atomic E-state index is 2.56. The van der Waals surface area contributed by atoms with Crippen molar-refractivity contribution in [3.63, 3.8) is 0 Å². The number of fused-ring (bicyclic) bond motifs is 2. The fourth-order valence-corrected chi connectivity index (χ4v) is 5.00. The van der Waals surface area contributed by atoms with Crippen LogP contribution >= 0.6 is 0 Å². The zero-order valence-electron chi connectivity index (χ0n) is 13.8. The van der Waals surface area contributed by atoms with Gasteiger partial charge in [-0.1, -0.05) is 67.2 Å². The Morgan fingerprint density at radius 3 is 2.22 bits per heavy atom. The van der Waals surface area contributed by atoms with Crippen LogP contribution in [0.4, 0.5) is 0 Å². The molecule has 2 fully saturated rings. The van der Waals surface area contributed by atoms with Gasteiger partial charge in [0.1, 0.15) is 0 Å². The van der Waals surface area contributed by atoms with Crippen LogP contribution in [0.3, 0.4) is 0 Å². The van der Waals surface area contributed by atoms with Gasteiger partial charge < -0.3 is 0 Å². The third-order valence-corrected chi connectivity index (χ3v) is 5.08. The molecular weight excluding hydrogens is 216 g/mol. The van der Waals surface area contributed by atoms with Gasteiger partial charge in [0.25, 0.3) is 0 Å². The maximum Gasteiger partial charge on any atom is -0.0315 e. The Bertz CT molecular complexity index is 240. The van der Waals surface area contributed by atoms with E-state index in [0.717, 1.165) is 11.8 Å². The van der Waals surface area contributed by atoms with Crippen molar-refractivity contribution in [2.45, 2.75) is 92.9 Å². The van der Waals surface area contributed by atoms with E-state index in [1.807, 2.05) is 13.8 Å². The van der Waals surface area contributed by atoms with E-state index in [4.69, 9.17) is 0 Å². The molecule has 3 atom stereocenters. The molecule has 0 aromatic rings. The predicted octanol–water partition coefficient (Wildman–Crippen LogP) is 6.45. The van der Waals surface area contributed by atoms with Crippen molar-refractivity contribution in [3.8, 4) is 0 Å². The van der Waals surface area contributed by atoms with Crippen LogP contribution in [0.15, 0.2) is 0 Å². The normalized spacial score (nSPS) is 37.0. The van der Waals surface area contributed by atoms with E-state index < -0.39 is 0 Å². The number of hydrogen-bond donors (Lipinski definition) is 0. The second-order valence-electron chi connectivity index (χ2n) is 7.78. The number of rotatable bonds is 4. The van der Waals surface area contributed by atoms with Crippen LogP contribution in [0.25, 0.3) is 0 Å². The predicted molar refractivity (Wildman–Crippen MR) is 82.8 cm³/mol. The molecule has 0 aromatic carbocycles. The van der Waals surface area contributed by atoms with Crippen molar-refractivity contribution in [2.24, 2.45) is 22.7 Å². The van der Waals surface area contributed by atoms with Crippen LogP contribution in [-0.4, -0.2) is 0 Å². The summed E-state index contributed by atoms with van der Waals surface area (Å²) in [6.45, 7) is 13.9. The Morgan fingerprint density at radius 1 is 0.944 bits per heavy atom. The molecule has 0 spiro atoms. The van der Waals surface area contributed by atoms with E-state index in [0.29, 0.717) is 10.8 Å². The molecule has 2 aliphatic carbocycles. The average Bonchev–Trinajstić information content (AvgIpc) is 2.51. The highest BCUT2D eigenvalue weighted by molar-refractivity contribution is 5.00. The Morgan fingerprint density at radius 2 is 1.61 bits per heavy atom. The third kappa shape index (κ3) is 4.00. The summed E-state index contributed by atoms with van der Waals surface area (Å²) in [5, 5.41) is 0. The summed E-state index contributed by atoms with van der Waals surface area (Å²) in [7, 11) is 0. The molecular formula is C18H36. The SMILES string of the molecule is CC.CCCCCC1CC2(C)CC1CC(C)(C)C2. The lowest BCUT2D eigenvalue weighted by Crippen LogP contribution is -2.29. The van der Waals surface area contributed by atoms with Crippen molar-refractivity contribution >= 4 is 0 Å². The van der Waals surface area contributed by atoms with Crippen molar-refractivity contribution < 1.29 is 0 Å². The Labute approximate surface area is 116 Å². The summed E-state index contributed by atoms with van der Waals surface area (Å²) in [5.41, 5.74) is 1.32. The van der Waals surface area contributed by atoms with Crippen LogP contribution in [-0.2, 0) is 0 Å². The van der Waals surface area contributed by atoms with Crippen LogP contribution in [0.2, 0.25) is 0 Å². The molecule has 2 saturated carbocycles. The smallest absolute Gasteiger partial charge is 0.0315 e. The Hall–Kier alpha value is 0. The summed E-state index contributed by atoms with van der Waals surface area (Å²) in [6.07, 6.45) is 11.9. The van der Waals surface area contributed by atoms with Gasteiger partial charge in [0, 0.05) is 0 Å². The molecule has 2 rings (SSSR count). The molecule has 2 aliphatic rings. The van der Waals surface area contributed by atoms with E-state index in [2.05, 4.69) is 27.7 Å². The molecule has 3 unspecified atom stereocenters. The van der Waals surface area contributed by atoms with E-state index >= 15 is 0 Å². The highest BCUT2D eigenvalue weighted by Gasteiger charge is 2.49. The zero-order valence-corrected chi connectivity index (χ0v) is 13.8. The topological polar surface area (TPSA) is 0 Å². The molecule has 0 saturated heterocycles. The van der Waals surface area contributed by atoms with Gasteiger partial charge >= 0.3 is 0 Å². The summed E-state index contributed by atoms with van der Waals surface area (Å²) in [4.78, 5) is 0. The molecule has 2 bridgehead atoms. The summed E-state index contributed by atoms with van der Waals surface area (Å²) >= 11 is 0. The first-order valence-electron chi connectivity index (χ1n) is 8.44. The maximum atomic E-state index is 2.56. The lowest BCUT2D eigenvalue weighted by molar-refractivity contribution is 0.104. The van der Waals surface area contributed by atoms with E-state index in [-0.39, 0.29) is 0 Å². The lowest BCUT2D eigenvalue weighted by atomic mass is 9.65. The minimum Gasteiger partial charge on any atom is -0.0683 e. The molecule has 0 aromatic heterocycles. The van der Waals surface area contributed by atoms with Crippen molar-refractivity contribution in [1.82, 2.24) is 0 Å². The quantitative estimate of drug-likeness (QED) is 0.505. The number of hydrogen-bond acceptors (Lipinski definition) is 0. The average molecular weight is 252 g/mol. The van der Waals surface area contributed by atoms with Crippen molar-refractivity contribution in [2.75, 3.05) is 0 Å². The highest BCUT2D eigenvalue weighted by atomic mass is 14.5. The molecule has 0 amide bonds. The fourth-order valence-electron chi connectivity index (χ4n) is 5.00. The fraction of sp³-hybridized carbons (Fsp3) is 1.00. The van der Waals surface area contributed by atoms with Crippen LogP contribution in [0.1, 0.15) is 92.9 Å². The van der Waals surface area contributed by atoms with Gasteiger partial charge in [-0.25, -0.2) is 0 Å². The third-order valence-electron chi connectivity index (χ3n) is 5.08. The molecule has 0 N–H and O–H groups in total. The minimum atomic E-state index is 0.622. The summed E-state index contributed by atoms with van der Waals surface area (Å²) < 4.78 is 0. The van der Waals surface area contributed by atoms with Gasteiger partial charge in [-0.2, -0.15) is 0 Å². The van der Waals surface area contributed by atoms with Gasteiger partial charge in [0.15, 0.2) is 0 Å². The zero-order chi connectivity index (χ0) is 13.8. The Balaban J connectivity index is 0.000000771. The second kappa shape index (κ2) is 6.44. The molecule has 0 radical (unpaired) electrons. The molecule has 108 valence electrons. The van der Waals surface area contributed by atoms with Gasteiger partial charge in [0.2, 0.25) is 0 Å². The van der Waals surface area contributed by atoms with E-state index in [1.54, 1.807) is 0 Å². The van der Waals surface area contributed by atoms with Crippen LogP contribution in [0, 0.1) is 22.7 Å². The minimum absolute atomic E-state index is 0.622. The second-order valence-corrected chi connectivity index (χ2v) is 7.78. The van der Waals surface area contributed by atoms with E-state index in [1.165, 1.54) is 51.4 Å². The van der Waals surface area contributed by atoms with Gasteiger partial charge in [-0.15, -0.1) is 0 Å². The number of unbranched alkanes of at least 4 members (excludes halogenated alkanes) is 2. The van der Waals surface area contributed by atoms with Crippen LogP contribution < -0.4 is 0 Å². The monoisotopic (exact) mass is 252 g/mol. The first-order chi connectivity index (χ1) is 8.44. The van der Waals surface area contributed by atoms with Crippen LogP contribution in [0.5, 0.6) is 0 Å². The first kappa shape index (κ1) is 16.1. The molecule has 18 heavy (non-hydrogen) atoms. The van der Waals surface area contributed by atoms with Gasteiger partial charge in [0.05, 0.1) is 0 Å². The lowest BCUT2D eigenvalue weighted by Gasteiger charge is -2.40. The summed E-state index contributed by atoms with van der Waals surface area (Å²) in [6, 6.07) is 0. The van der Waals surface area contributed by atoms with Gasteiger partial charge in [-0.3, -0.25) is 0 Å². The Kier molecular flexibility index (Phi) is 5.74. The molecule has 0 heterocycles. The van der Waals surface area contributed by atoms with Crippen molar-refractivity contribution in [1.29, 1.82) is 0 Å². The molecule has 0 nitrogen and oxygen atoms in total. The molecule has 0 aliphatic heterocycles. The van der Waals surface area contributed by atoms with Crippen molar-refractivity contribution in [3.05, 3.63) is 0 Å². The van der Waals surface area contributed by atoms with E-state index in [9.17, 15) is 0 Å². The highest BCUT2D eigenvalue weighted by Crippen LogP contribution is 2.60. The summed E-state index contributed by atoms with van der Waals surface area (Å²) in [5.74, 6) is 2.13. The standard InChI is InChI=1S/C16H30.C2H6/c1-5-6-7-8-13-10-16(4)11-14(13)9-15(2,3)12-16;1-2/h13-14H,5-12H2,1-4H3;1-2H3. The largest absolute Gasteiger partial charge is 0.0683 e. The first-order valence-corrected chi connectivity index (χ1v) is 8.44.